The summed E-state index contributed by atoms with van der Waals surface area (Å²) in [7, 11) is 0. The van der Waals surface area contributed by atoms with E-state index < -0.39 is 11.9 Å². The molecule has 3 rings (SSSR count). The molecule has 0 saturated heterocycles. The smallest absolute Gasteiger partial charge is 0.338 e. The van der Waals surface area contributed by atoms with Gasteiger partial charge in [-0.3, -0.25) is 4.79 Å². The molecule has 1 aliphatic heterocycles. The minimum absolute atomic E-state index is 0.123. The summed E-state index contributed by atoms with van der Waals surface area (Å²) >= 11 is 5.94. The molecule has 1 atom stereocenters. The molecule has 1 heterocycles. The first kappa shape index (κ1) is 17.1. The van der Waals surface area contributed by atoms with Gasteiger partial charge in [-0.1, -0.05) is 23.7 Å². The van der Waals surface area contributed by atoms with E-state index in [0.29, 0.717) is 22.1 Å². The quantitative estimate of drug-likeness (QED) is 0.828. The van der Waals surface area contributed by atoms with E-state index in [1.165, 1.54) is 6.07 Å². The highest BCUT2D eigenvalue weighted by Gasteiger charge is 2.18. The molecule has 6 nitrogen and oxygen atoms in total. The monoisotopic (exact) mass is 361 g/mol. The summed E-state index contributed by atoms with van der Waals surface area (Å²) in [6, 6.07) is 11.6. The molecule has 0 aliphatic carbocycles. The summed E-state index contributed by atoms with van der Waals surface area (Å²) in [5.74, 6) is 0.0450. The van der Waals surface area contributed by atoms with Gasteiger partial charge in [0.2, 0.25) is 6.79 Å². The van der Waals surface area contributed by atoms with Crippen LogP contribution in [0.3, 0.4) is 0 Å². The number of hydrogen-bond donors (Lipinski definition) is 1. The molecular weight excluding hydrogens is 346 g/mol. The third-order valence-corrected chi connectivity index (χ3v) is 3.90. The minimum Gasteiger partial charge on any atom is -0.454 e. The highest BCUT2D eigenvalue weighted by Crippen LogP contribution is 2.32. The van der Waals surface area contributed by atoms with Crippen LogP contribution >= 0.6 is 11.6 Å². The van der Waals surface area contributed by atoms with Crippen LogP contribution in [-0.4, -0.2) is 25.3 Å². The average Bonchev–Trinajstić information content (AvgIpc) is 3.07. The van der Waals surface area contributed by atoms with Crippen LogP contribution < -0.4 is 14.8 Å². The van der Waals surface area contributed by atoms with Crippen molar-refractivity contribution in [2.45, 2.75) is 13.0 Å². The molecule has 0 aromatic heterocycles. The number of halogens is 1. The molecule has 0 fully saturated rings. The number of ether oxygens (including phenoxy) is 3. The van der Waals surface area contributed by atoms with Crippen molar-refractivity contribution in [3.8, 4) is 11.5 Å². The number of amides is 1. The van der Waals surface area contributed by atoms with E-state index >= 15 is 0 Å². The lowest BCUT2D eigenvalue weighted by Gasteiger charge is -2.14. The number of esters is 1. The highest BCUT2D eigenvalue weighted by molar-refractivity contribution is 6.30. The van der Waals surface area contributed by atoms with E-state index in [-0.39, 0.29) is 19.4 Å². The summed E-state index contributed by atoms with van der Waals surface area (Å²) in [6.07, 6.45) is 0. The van der Waals surface area contributed by atoms with Gasteiger partial charge >= 0.3 is 5.97 Å². The Morgan fingerprint density at radius 2 is 2.00 bits per heavy atom. The van der Waals surface area contributed by atoms with Gasteiger partial charge in [0.25, 0.3) is 5.91 Å². The lowest BCUT2D eigenvalue weighted by atomic mass is 10.1. The van der Waals surface area contributed by atoms with E-state index in [0.717, 1.165) is 5.56 Å². The molecule has 1 amide bonds. The molecule has 0 bridgehead atoms. The predicted octanol–water partition coefficient (Wildman–Crippen LogP) is 3.10. The van der Waals surface area contributed by atoms with Crippen LogP contribution in [0.15, 0.2) is 42.5 Å². The summed E-state index contributed by atoms with van der Waals surface area (Å²) in [5.41, 5.74) is 1.16. The van der Waals surface area contributed by atoms with Crippen LogP contribution in [0, 0.1) is 0 Å². The third-order valence-electron chi connectivity index (χ3n) is 3.67. The SMILES string of the molecule is CC(NC(=O)COC(=O)c1ccc2c(c1)OCO2)c1cccc(Cl)c1. The molecule has 7 heteroatoms. The molecule has 1 aliphatic rings. The highest BCUT2D eigenvalue weighted by atomic mass is 35.5. The zero-order valence-electron chi connectivity index (χ0n) is 13.5. The molecule has 2 aromatic rings. The van der Waals surface area contributed by atoms with Gasteiger partial charge in [-0.2, -0.15) is 0 Å². The van der Waals surface area contributed by atoms with Crippen LogP contribution in [0.25, 0.3) is 0 Å². The molecule has 2 aromatic carbocycles. The van der Waals surface area contributed by atoms with E-state index in [1.54, 1.807) is 30.3 Å². The molecule has 1 unspecified atom stereocenters. The number of carbonyl (C=O) groups is 2. The van der Waals surface area contributed by atoms with Crippen LogP contribution in [0.4, 0.5) is 0 Å². The fraction of sp³-hybridized carbons (Fsp3) is 0.222. The van der Waals surface area contributed by atoms with Gasteiger partial charge < -0.3 is 19.5 Å². The first-order valence-electron chi connectivity index (χ1n) is 7.64. The molecule has 0 saturated carbocycles. The summed E-state index contributed by atoms with van der Waals surface area (Å²) < 4.78 is 15.4. The number of hydrogen-bond acceptors (Lipinski definition) is 5. The van der Waals surface area contributed by atoms with Gasteiger partial charge in [-0.05, 0) is 42.8 Å². The topological polar surface area (TPSA) is 73.9 Å². The number of rotatable bonds is 5. The first-order chi connectivity index (χ1) is 12.0. The Labute approximate surface area is 149 Å². The largest absolute Gasteiger partial charge is 0.454 e. The Hall–Kier alpha value is -2.73. The van der Waals surface area contributed by atoms with Gasteiger partial charge in [0, 0.05) is 5.02 Å². The number of nitrogens with one attached hydrogen (secondary N) is 1. The molecular formula is C18H16ClNO5. The molecule has 130 valence electrons. The second-order valence-electron chi connectivity index (χ2n) is 5.49. The van der Waals surface area contributed by atoms with Crippen molar-refractivity contribution in [2.24, 2.45) is 0 Å². The van der Waals surface area contributed by atoms with Crippen molar-refractivity contribution in [3.63, 3.8) is 0 Å². The zero-order chi connectivity index (χ0) is 17.8. The number of carbonyl (C=O) groups excluding carboxylic acids is 2. The van der Waals surface area contributed by atoms with E-state index in [1.807, 2.05) is 13.0 Å². The van der Waals surface area contributed by atoms with Crippen molar-refractivity contribution < 1.29 is 23.8 Å². The summed E-state index contributed by atoms with van der Waals surface area (Å²) in [4.78, 5) is 24.0. The Morgan fingerprint density at radius 1 is 1.20 bits per heavy atom. The third kappa shape index (κ3) is 4.22. The first-order valence-corrected chi connectivity index (χ1v) is 8.02. The van der Waals surface area contributed by atoms with Crippen molar-refractivity contribution in [2.75, 3.05) is 13.4 Å². The standard InChI is InChI=1S/C18H16ClNO5/c1-11(12-3-2-4-14(19)7-12)20-17(21)9-23-18(22)13-5-6-15-16(8-13)25-10-24-15/h2-8,11H,9-10H2,1H3,(H,20,21). The van der Waals surface area contributed by atoms with E-state index in [2.05, 4.69) is 5.32 Å². The Balaban J connectivity index is 1.52. The van der Waals surface area contributed by atoms with Gasteiger partial charge in [0.15, 0.2) is 18.1 Å². The van der Waals surface area contributed by atoms with Crippen molar-refractivity contribution >= 4 is 23.5 Å². The van der Waals surface area contributed by atoms with Crippen molar-refractivity contribution in [3.05, 3.63) is 58.6 Å². The Morgan fingerprint density at radius 3 is 2.80 bits per heavy atom. The van der Waals surface area contributed by atoms with Crippen LogP contribution in [0.1, 0.15) is 28.9 Å². The number of fused-ring (bicyclic) bond motifs is 1. The van der Waals surface area contributed by atoms with Gasteiger partial charge in [-0.15, -0.1) is 0 Å². The second kappa shape index (κ2) is 7.44. The second-order valence-corrected chi connectivity index (χ2v) is 5.92. The van der Waals surface area contributed by atoms with Crippen molar-refractivity contribution in [1.29, 1.82) is 0 Å². The predicted molar refractivity (Wildman–Crippen MR) is 90.9 cm³/mol. The lowest BCUT2D eigenvalue weighted by Crippen LogP contribution is -2.31. The van der Waals surface area contributed by atoms with E-state index in [4.69, 9.17) is 25.8 Å². The molecule has 25 heavy (non-hydrogen) atoms. The molecule has 1 N–H and O–H groups in total. The van der Waals surface area contributed by atoms with Crippen LogP contribution in [-0.2, 0) is 9.53 Å². The molecule has 0 spiro atoms. The maximum absolute atomic E-state index is 12.0. The maximum atomic E-state index is 12.0. The average molecular weight is 362 g/mol. The Bertz CT molecular complexity index is 808. The lowest BCUT2D eigenvalue weighted by molar-refractivity contribution is -0.124. The maximum Gasteiger partial charge on any atom is 0.338 e. The minimum atomic E-state index is -0.608. The summed E-state index contributed by atoms with van der Waals surface area (Å²) in [5, 5.41) is 3.34. The van der Waals surface area contributed by atoms with Gasteiger partial charge in [0.05, 0.1) is 11.6 Å². The van der Waals surface area contributed by atoms with Crippen LogP contribution in [0.2, 0.25) is 5.02 Å². The Kier molecular flexibility index (Phi) is 5.09. The molecule has 0 radical (unpaired) electrons. The normalized spacial score (nSPS) is 13.2. The fourth-order valence-electron chi connectivity index (χ4n) is 2.38. The summed E-state index contributed by atoms with van der Waals surface area (Å²) in [6.45, 7) is 1.57. The zero-order valence-corrected chi connectivity index (χ0v) is 14.2. The van der Waals surface area contributed by atoms with Gasteiger partial charge in [0.1, 0.15) is 0 Å². The number of benzene rings is 2. The van der Waals surface area contributed by atoms with Gasteiger partial charge in [-0.25, -0.2) is 4.79 Å². The van der Waals surface area contributed by atoms with Crippen LogP contribution in [0.5, 0.6) is 11.5 Å². The van der Waals surface area contributed by atoms with E-state index in [9.17, 15) is 9.59 Å². The fourth-order valence-corrected chi connectivity index (χ4v) is 2.58. The van der Waals surface area contributed by atoms with Crippen molar-refractivity contribution in [1.82, 2.24) is 5.32 Å².